The number of nitrogens with one attached hydrogen (secondary N) is 1. The van der Waals surface area contributed by atoms with Crippen LogP contribution in [0.25, 0.3) is 5.57 Å². The number of nitriles is 1. The van der Waals surface area contributed by atoms with Crippen LogP contribution in [0.4, 0.5) is 11.4 Å². The molecule has 1 heterocycles. The van der Waals surface area contributed by atoms with Gasteiger partial charge in [0.1, 0.15) is 11.6 Å². The molecule has 0 unspecified atom stereocenters. The van der Waals surface area contributed by atoms with E-state index in [9.17, 15) is 14.9 Å². The fourth-order valence-corrected chi connectivity index (χ4v) is 3.25. The Bertz CT molecular complexity index is 999. The summed E-state index contributed by atoms with van der Waals surface area (Å²) >= 11 is 0. The van der Waals surface area contributed by atoms with Crippen molar-refractivity contribution in [3.8, 4) is 6.07 Å². The third-order valence-electron chi connectivity index (χ3n) is 4.84. The van der Waals surface area contributed by atoms with Crippen LogP contribution in [0.1, 0.15) is 31.4 Å². The normalized spacial score (nSPS) is 14.7. The highest BCUT2D eigenvalue weighted by Gasteiger charge is 2.36. The Morgan fingerprint density at radius 3 is 2.50 bits per heavy atom. The van der Waals surface area contributed by atoms with Crippen LogP contribution >= 0.6 is 0 Å². The van der Waals surface area contributed by atoms with Gasteiger partial charge in [0.2, 0.25) is 0 Å². The summed E-state index contributed by atoms with van der Waals surface area (Å²) in [5.74, 6) is -0.424. The third-order valence-corrected chi connectivity index (χ3v) is 4.84. The molecule has 1 aliphatic rings. The fourth-order valence-electron chi connectivity index (χ4n) is 3.25. The van der Waals surface area contributed by atoms with E-state index in [-0.39, 0.29) is 17.1 Å². The number of hydrogen-bond donors (Lipinski definition) is 1. The minimum atomic E-state index is -0.569. The minimum absolute atomic E-state index is 0.159. The molecule has 1 aliphatic heterocycles. The van der Waals surface area contributed by atoms with Crippen molar-refractivity contribution in [2.75, 3.05) is 16.8 Å². The van der Waals surface area contributed by atoms with E-state index >= 15 is 0 Å². The highest BCUT2D eigenvalue weighted by Crippen LogP contribution is 2.38. The maximum absolute atomic E-state index is 13.1. The zero-order valence-corrected chi connectivity index (χ0v) is 16.3. The summed E-state index contributed by atoms with van der Waals surface area (Å²) in [7, 11) is 0. The van der Waals surface area contributed by atoms with Gasteiger partial charge in [-0.15, -0.1) is 0 Å². The van der Waals surface area contributed by atoms with Crippen LogP contribution in [0.3, 0.4) is 0 Å². The predicted molar refractivity (Wildman–Crippen MR) is 111 cm³/mol. The van der Waals surface area contributed by atoms with Crippen LogP contribution in [-0.2, 0) is 9.59 Å². The van der Waals surface area contributed by atoms with Gasteiger partial charge in [-0.05, 0) is 37.0 Å². The highest BCUT2D eigenvalue weighted by molar-refractivity contribution is 6.37. The van der Waals surface area contributed by atoms with E-state index in [1.807, 2.05) is 49.4 Å². The zero-order chi connectivity index (χ0) is 20.3. The topological polar surface area (TPSA) is 73.2 Å². The Kier molecular flexibility index (Phi) is 5.60. The quantitative estimate of drug-likeness (QED) is 0.627. The lowest BCUT2D eigenvalue weighted by Gasteiger charge is -2.18. The van der Waals surface area contributed by atoms with Gasteiger partial charge in [-0.1, -0.05) is 50.2 Å². The van der Waals surface area contributed by atoms with Gasteiger partial charge >= 0.3 is 0 Å². The molecule has 5 nitrogen and oxygen atoms in total. The number of amides is 2. The lowest BCUT2D eigenvalue weighted by atomic mass is 10.0. The maximum Gasteiger partial charge on any atom is 0.267 e. The summed E-state index contributed by atoms with van der Waals surface area (Å²) in [6.45, 7) is 6.62. The number of para-hydroxylation sites is 2. The molecule has 0 fully saturated rings. The van der Waals surface area contributed by atoms with Crippen molar-refractivity contribution >= 4 is 28.8 Å². The Morgan fingerprint density at radius 2 is 1.82 bits per heavy atom. The van der Waals surface area contributed by atoms with Crippen molar-refractivity contribution in [1.82, 2.24) is 0 Å². The smallest absolute Gasteiger partial charge is 0.267 e. The molecule has 142 valence electrons. The number of hydrogen-bond acceptors (Lipinski definition) is 3. The third kappa shape index (κ3) is 3.67. The second-order valence-electron chi connectivity index (χ2n) is 7.29. The standard InChI is InChI=1S/C23H23N3O2/c1-15(2)12-13-26-20-11-7-5-9-17(20)21(23(26)28)18(14-24)22(27)25-19-10-6-4-8-16(19)3/h4-11,15H,12-13H2,1-3H3,(H,25,27). The van der Waals surface area contributed by atoms with Crippen molar-refractivity contribution in [1.29, 1.82) is 5.26 Å². The van der Waals surface area contributed by atoms with E-state index < -0.39 is 5.91 Å². The molecular weight excluding hydrogens is 350 g/mol. The zero-order valence-electron chi connectivity index (χ0n) is 16.3. The lowest BCUT2D eigenvalue weighted by molar-refractivity contribution is -0.114. The second kappa shape index (κ2) is 8.10. The monoisotopic (exact) mass is 373 g/mol. The molecule has 28 heavy (non-hydrogen) atoms. The largest absolute Gasteiger partial charge is 0.321 e. The predicted octanol–water partition coefficient (Wildman–Crippen LogP) is 4.30. The number of anilines is 2. The van der Waals surface area contributed by atoms with Crippen LogP contribution in [0.2, 0.25) is 0 Å². The van der Waals surface area contributed by atoms with E-state index in [0.717, 1.165) is 17.7 Å². The van der Waals surface area contributed by atoms with E-state index in [4.69, 9.17) is 0 Å². The Labute approximate surface area is 165 Å². The first-order valence-electron chi connectivity index (χ1n) is 9.36. The Morgan fingerprint density at radius 1 is 1.14 bits per heavy atom. The van der Waals surface area contributed by atoms with Crippen molar-refractivity contribution in [2.24, 2.45) is 5.92 Å². The Balaban J connectivity index is 2.02. The maximum atomic E-state index is 13.1. The minimum Gasteiger partial charge on any atom is -0.321 e. The fraction of sp³-hybridized carbons (Fsp3) is 0.261. The molecule has 0 bridgehead atoms. The number of rotatable bonds is 5. The van der Waals surface area contributed by atoms with Crippen LogP contribution in [-0.4, -0.2) is 18.4 Å². The van der Waals surface area contributed by atoms with Crippen molar-refractivity contribution in [2.45, 2.75) is 27.2 Å². The number of nitrogens with zero attached hydrogens (tertiary/aromatic N) is 2. The molecule has 0 radical (unpaired) electrons. The van der Waals surface area contributed by atoms with Gasteiger partial charge in [-0.25, -0.2) is 0 Å². The van der Waals surface area contributed by atoms with Gasteiger partial charge in [0, 0.05) is 17.8 Å². The molecule has 2 aromatic rings. The summed E-state index contributed by atoms with van der Waals surface area (Å²) in [4.78, 5) is 27.7. The summed E-state index contributed by atoms with van der Waals surface area (Å²) in [5, 5.41) is 12.5. The molecule has 0 saturated heterocycles. The molecular formula is C23H23N3O2. The molecule has 1 N–H and O–H groups in total. The molecule has 0 saturated carbocycles. The first-order chi connectivity index (χ1) is 13.4. The lowest BCUT2D eigenvalue weighted by Crippen LogP contribution is -2.29. The number of benzene rings is 2. The highest BCUT2D eigenvalue weighted by atomic mass is 16.2. The average Bonchev–Trinajstić information content (AvgIpc) is 2.94. The van der Waals surface area contributed by atoms with E-state index in [0.29, 0.717) is 23.7 Å². The van der Waals surface area contributed by atoms with E-state index in [1.165, 1.54) is 0 Å². The molecule has 2 aromatic carbocycles. The van der Waals surface area contributed by atoms with Crippen LogP contribution < -0.4 is 10.2 Å². The second-order valence-corrected chi connectivity index (χ2v) is 7.29. The van der Waals surface area contributed by atoms with Gasteiger partial charge in [0.15, 0.2) is 0 Å². The first-order valence-corrected chi connectivity index (χ1v) is 9.36. The van der Waals surface area contributed by atoms with Gasteiger partial charge in [-0.3, -0.25) is 9.59 Å². The molecule has 2 amide bonds. The molecule has 0 spiro atoms. The van der Waals surface area contributed by atoms with Gasteiger partial charge < -0.3 is 10.2 Å². The average molecular weight is 373 g/mol. The first kappa shape index (κ1) is 19.4. The Hall–Kier alpha value is -3.39. The molecule has 5 heteroatoms. The van der Waals surface area contributed by atoms with Crippen LogP contribution in [0.5, 0.6) is 0 Å². The van der Waals surface area contributed by atoms with E-state index in [1.54, 1.807) is 17.0 Å². The van der Waals surface area contributed by atoms with Gasteiger partial charge in [-0.2, -0.15) is 5.26 Å². The summed E-state index contributed by atoms with van der Waals surface area (Å²) in [6, 6.07) is 16.6. The number of aryl methyl sites for hydroxylation is 1. The molecule has 0 aliphatic carbocycles. The SMILES string of the molecule is Cc1ccccc1NC(=O)C(C#N)=C1C(=O)N(CCC(C)C)c2ccccc21. The number of carbonyl (C=O) groups excluding carboxylic acids is 2. The van der Waals surface area contributed by atoms with Gasteiger partial charge in [0.25, 0.3) is 11.8 Å². The summed E-state index contributed by atoms with van der Waals surface area (Å²) in [6.07, 6.45) is 0.838. The van der Waals surface area contributed by atoms with Crippen molar-refractivity contribution in [3.63, 3.8) is 0 Å². The van der Waals surface area contributed by atoms with Crippen molar-refractivity contribution in [3.05, 3.63) is 65.2 Å². The van der Waals surface area contributed by atoms with Crippen LogP contribution in [0, 0.1) is 24.2 Å². The van der Waals surface area contributed by atoms with E-state index in [2.05, 4.69) is 19.2 Å². The molecule has 3 rings (SSSR count). The summed E-state index contributed by atoms with van der Waals surface area (Å²) < 4.78 is 0. The van der Waals surface area contributed by atoms with Crippen molar-refractivity contribution < 1.29 is 9.59 Å². The molecule has 0 atom stereocenters. The molecule has 0 aromatic heterocycles. The van der Waals surface area contributed by atoms with Gasteiger partial charge in [0.05, 0.1) is 11.3 Å². The summed E-state index contributed by atoms with van der Waals surface area (Å²) in [5.41, 5.74) is 2.90. The van der Waals surface area contributed by atoms with Crippen LogP contribution in [0.15, 0.2) is 54.1 Å². The number of carbonyl (C=O) groups is 2. The number of fused-ring (bicyclic) bond motifs is 1.